The molecule has 4 heteroatoms. The monoisotopic (exact) mass is 263 g/mol. The van der Waals surface area contributed by atoms with Crippen LogP contribution < -0.4 is 4.74 Å². The Bertz CT molecular complexity index is 538. The number of pyridine rings is 1. The largest absolute Gasteiger partial charge is 0.439 e. The van der Waals surface area contributed by atoms with Crippen LogP contribution in [-0.4, -0.2) is 10.1 Å². The zero-order chi connectivity index (χ0) is 13.1. The Balaban J connectivity index is 2.18. The summed E-state index contributed by atoms with van der Waals surface area (Å²) in [6, 6.07) is 8.94. The van der Waals surface area contributed by atoms with E-state index in [0.717, 1.165) is 16.9 Å². The van der Waals surface area contributed by atoms with Crippen molar-refractivity contribution < 1.29 is 9.84 Å². The molecule has 0 unspecified atom stereocenters. The molecule has 1 N–H and O–H groups in total. The summed E-state index contributed by atoms with van der Waals surface area (Å²) >= 11 is 5.88. The normalized spacial score (nSPS) is 12.2. The molecule has 1 heterocycles. The van der Waals surface area contributed by atoms with Crippen molar-refractivity contribution in [3.63, 3.8) is 0 Å². The Morgan fingerprint density at radius 3 is 2.61 bits per heavy atom. The second kappa shape index (κ2) is 5.38. The number of aliphatic hydroxyl groups is 1. The van der Waals surface area contributed by atoms with Gasteiger partial charge in [-0.15, -0.1) is 0 Å². The molecule has 0 saturated heterocycles. The highest BCUT2D eigenvalue weighted by Gasteiger charge is 2.05. The highest BCUT2D eigenvalue weighted by molar-refractivity contribution is 6.30. The lowest BCUT2D eigenvalue weighted by Gasteiger charge is -2.09. The summed E-state index contributed by atoms with van der Waals surface area (Å²) in [5, 5.41) is 10.1. The van der Waals surface area contributed by atoms with Crippen molar-refractivity contribution in [3.05, 3.63) is 52.7 Å². The summed E-state index contributed by atoms with van der Waals surface area (Å²) in [5.74, 6) is 1.21. The maximum absolute atomic E-state index is 9.38. The van der Waals surface area contributed by atoms with Gasteiger partial charge in [-0.05, 0) is 49.2 Å². The number of aromatic nitrogens is 1. The molecule has 0 aliphatic rings. The molecule has 0 aliphatic carbocycles. The first-order valence-corrected chi connectivity index (χ1v) is 6.02. The Hall–Kier alpha value is -1.58. The van der Waals surface area contributed by atoms with Gasteiger partial charge in [0.2, 0.25) is 5.88 Å². The molecule has 1 aromatic carbocycles. The molecule has 1 aromatic heterocycles. The summed E-state index contributed by atoms with van der Waals surface area (Å²) in [6.07, 6.45) is 1.08. The molecular weight excluding hydrogens is 250 g/mol. The third-order valence-electron chi connectivity index (χ3n) is 2.59. The van der Waals surface area contributed by atoms with Crippen LogP contribution in [0.5, 0.6) is 11.6 Å². The molecule has 0 spiro atoms. The number of benzene rings is 1. The number of aliphatic hydroxyl groups excluding tert-OH is 1. The van der Waals surface area contributed by atoms with E-state index in [0.29, 0.717) is 10.9 Å². The average molecular weight is 264 g/mol. The molecule has 0 radical (unpaired) electrons. The van der Waals surface area contributed by atoms with Gasteiger partial charge in [0.1, 0.15) is 5.75 Å². The maximum atomic E-state index is 9.38. The van der Waals surface area contributed by atoms with E-state index < -0.39 is 6.10 Å². The standard InChI is InChI=1S/C14H14ClNO2/c1-9-7-12(15)4-5-13(9)18-14-6-3-11(8-16-14)10(2)17/h3-8,10,17H,1-2H3/t10-/m0/s1. The molecule has 2 rings (SSSR count). The van der Waals surface area contributed by atoms with Gasteiger partial charge in [-0.3, -0.25) is 0 Å². The van der Waals surface area contributed by atoms with Crippen molar-refractivity contribution in [2.75, 3.05) is 0 Å². The molecular formula is C14H14ClNO2. The van der Waals surface area contributed by atoms with E-state index in [1.54, 1.807) is 31.3 Å². The molecule has 94 valence electrons. The average Bonchev–Trinajstić information content (AvgIpc) is 2.33. The molecule has 0 aliphatic heterocycles. The zero-order valence-electron chi connectivity index (χ0n) is 10.2. The number of nitrogens with zero attached hydrogens (tertiary/aromatic N) is 1. The van der Waals surface area contributed by atoms with Crippen molar-refractivity contribution in [2.45, 2.75) is 20.0 Å². The minimum absolute atomic E-state index is 0.491. The van der Waals surface area contributed by atoms with E-state index in [1.807, 2.05) is 19.1 Å². The van der Waals surface area contributed by atoms with Crippen molar-refractivity contribution in [1.82, 2.24) is 4.98 Å². The van der Waals surface area contributed by atoms with E-state index in [9.17, 15) is 5.11 Å². The van der Waals surface area contributed by atoms with Crippen molar-refractivity contribution in [2.24, 2.45) is 0 Å². The molecule has 2 aromatic rings. The van der Waals surface area contributed by atoms with E-state index in [-0.39, 0.29) is 0 Å². The molecule has 0 fully saturated rings. The van der Waals surface area contributed by atoms with Crippen LogP contribution in [0.4, 0.5) is 0 Å². The summed E-state index contributed by atoms with van der Waals surface area (Å²) in [7, 11) is 0. The topological polar surface area (TPSA) is 42.4 Å². The summed E-state index contributed by atoms with van der Waals surface area (Å²) in [6.45, 7) is 3.62. The maximum Gasteiger partial charge on any atom is 0.219 e. The van der Waals surface area contributed by atoms with E-state index >= 15 is 0 Å². The Morgan fingerprint density at radius 2 is 2.06 bits per heavy atom. The molecule has 0 amide bonds. The fraction of sp³-hybridized carbons (Fsp3) is 0.214. The minimum atomic E-state index is -0.524. The lowest BCUT2D eigenvalue weighted by atomic mass is 10.2. The van der Waals surface area contributed by atoms with Crippen LogP contribution in [0, 0.1) is 6.92 Å². The van der Waals surface area contributed by atoms with Crippen molar-refractivity contribution in [3.8, 4) is 11.6 Å². The first-order chi connectivity index (χ1) is 8.56. The Morgan fingerprint density at radius 1 is 1.28 bits per heavy atom. The van der Waals surface area contributed by atoms with Gasteiger partial charge >= 0.3 is 0 Å². The summed E-state index contributed by atoms with van der Waals surface area (Å²) in [4.78, 5) is 4.14. The van der Waals surface area contributed by atoms with Crippen LogP contribution in [-0.2, 0) is 0 Å². The van der Waals surface area contributed by atoms with Crippen molar-refractivity contribution >= 4 is 11.6 Å². The Labute approximate surface area is 111 Å². The number of rotatable bonds is 3. The SMILES string of the molecule is Cc1cc(Cl)ccc1Oc1ccc([C@H](C)O)cn1. The third kappa shape index (κ3) is 3.00. The highest BCUT2D eigenvalue weighted by Crippen LogP contribution is 2.26. The second-order valence-electron chi connectivity index (χ2n) is 4.12. The smallest absolute Gasteiger partial charge is 0.219 e. The van der Waals surface area contributed by atoms with Gasteiger partial charge in [-0.2, -0.15) is 0 Å². The van der Waals surface area contributed by atoms with Crippen LogP contribution >= 0.6 is 11.6 Å². The third-order valence-corrected chi connectivity index (χ3v) is 2.83. The van der Waals surface area contributed by atoms with Gasteiger partial charge in [-0.25, -0.2) is 4.98 Å². The van der Waals surface area contributed by atoms with Crippen LogP contribution in [0.2, 0.25) is 5.02 Å². The van der Waals surface area contributed by atoms with Gasteiger partial charge in [0, 0.05) is 17.3 Å². The van der Waals surface area contributed by atoms with Crippen LogP contribution in [0.25, 0.3) is 0 Å². The quantitative estimate of drug-likeness (QED) is 0.914. The van der Waals surface area contributed by atoms with Gasteiger partial charge in [0.15, 0.2) is 0 Å². The fourth-order valence-corrected chi connectivity index (χ4v) is 1.77. The number of ether oxygens (including phenoxy) is 1. The van der Waals surface area contributed by atoms with Crippen LogP contribution in [0.3, 0.4) is 0 Å². The number of hydrogen-bond acceptors (Lipinski definition) is 3. The fourth-order valence-electron chi connectivity index (χ4n) is 1.54. The van der Waals surface area contributed by atoms with Crippen molar-refractivity contribution in [1.29, 1.82) is 0 Å². The van der Waals surface area contributed by atoms with Crippen LogP contribution in [0.1, 0.15) is 24.2 Å². The number of halogens is 1. The zero-order valence-corrected chi connectivity index (χ0v) is 11.0. The predicted molar refractivity (Wildman–Crippen MR) is 71.1 cm³/mol. The van der Waals surface area contributed by atoms with E-state index in [1.165, 1.54) is 0 Å². The molecule has 0 saturated carbocycles. The van der Waals surface area contributed by atoms with Gasteiger partial charge in [-0.1, -0.05) is 11.6 Å². The minimum Gasteiger partial charge on any atom is -0.439 e. The van der Waals surface area contributed by atoms with Gasteiger partial charge in [0.05, 0.1) is 6.10 Å². The Kier molecular flexibility index (Phi) is 3.84. The molecule has 0 bridgehead atoms. The highest BCUT2D eigenvalue weighted by atomic mass is 35.5. The first-order valence-electron chi connectivity index (χ1n) is 5.64. The number of aryl methyl sites for hydroxylation is 1. The van der Waals surface area contributed by atoms with Gasteiger partial charge < -0.3 is 9.84 Å². The van der Waals surface area contributed by atoms with Crippen LogP contribution in [0.15, 0.2) is 36.5 Å². The summed E-state index contributed by atoms with van der Waals surface area (Å²) in [5.41, 5.74) is 1.71. The predicted octanol–water partition coefficient (Wildman–Crippen LogP) is 3.89. The lowest BCUT2D eigenvalue weighted by Crippen LogP contribution is -1.94. The molecule has 18 heavy (non-hydrogen) atoms. The summed E-state index contributed by atoms with van der Waals surface area (Å²) < 4.78 is 5.65. The number of hydrogen-bond donors (Lipinski definition) is 1. The second-order valence-corrected chi connectivity index (χ2v) is 4.55. The van der Waals surface area contributed by atoms with E-state index in [4.69, 9.17) is 16.3 Å². The van der Waals surface area contributed by atoms with Gasteiger partial charge in [0.25, 0.3) is 0 Å². The van der Waals surface area contributed by atoms with E-state index in [2.05, 4.69) is 4.98 Å². The lowest BCUT2D eigenvalue weighted by molar-refractivity contribution is 0.198. The first kappa shape index (κ1) is 12.9. The molecule has 1 atom stereocenters. The molecule has 3 nitrogen and oxygen atoms in total.